The number of nitrogens with zero attached hydrogens (tertiary/aromatic N) is 6. The number of ether oxygens (including phenoxy) is 1. The monoisotopic (exact) mass is 573 g/mol. The number of aromatic nitrogens is 4. The maximum absolute atomic E-state index is 13.4. The van der Waals surface area contributed by atoms with Gasteiger partial charge in [-0.15, -0.1) is 0 Å². The minimum Gasteiger partial charge on any atom is -0.459 e. The predicted octanol–water partition coefficient (Wildman–Crippen LogP) is 4.02. The largest absolute Gasteiger partial charge is 0.459 e. The Morgan fingerprint density at radius 2 is 1.79 bits per heavy atom. The minimum atomic E-state index is -0.460. The third kappa shape index (κ3) is 5.37. The number of aryl methyl sites for hydroxylation is 1. The van der Waals surface area contributed by atoms with Crippen molar-refractivity contribution in [3.8, 4) is 0 Å². The summed E-state index contributed by atoms with van der Waals surface area (Å²) in [6.07, 6.45) is 7.42. The Bertz CT molecular complexity index is 1590. The number of ketones is 1. The molecule has 3 aliphatic rings. The molecule has 2 saturated heterocycles. The van der Waals surface area contributed by atoms with E-state index in [1.807, 2.05) is 39.1 Å². The van der Waals surface area contributed by atoms with Crippen LogP contribution in [0.3, 0.4) is 0 Å². The van der Waals surface area contributed by atoms with Gasteiger partial charge in [0.05, 0.1) is 24.0 Å². The second-order valence-electron chi connectivity index (χ2n) is 13.2. The lowest BCUT2D eigenvalue weighted by atomic mass is 9.72. The lowest BCUT2D eigenvalue weighted by Gasteiger charge is -2.60. The summed E-state index contributed by atoms with van der Waals surface area (Å²) in [6.45, 7) is 12.9. The van der Waals surface area contributed by atoms with Gasteiger partial charge in [-0.3, -0.25) is 23.9 Å². The summed E-state index contributed by atoms with van der Waals surface area (Å²) in [4.78, 5) is 56.2. The summed E-state index contributed by atoms with van der Waals surface area (Å²) in [5.74, 6) is 0.550. The molecule has 3 fully saturated rings. The first-order valence-electron chi connectivity index (χ1n) is 14.8. The number of likely N-dealkylation sites (tertiary alicyclic amines) is 1. The number of Topliss-reactive ketones (excluding diaryl/α,β-unsaturated/α-hetero) is 1. The van der Waals surface area contributed by atoms with Crippen LogP contribution < -0.4 is 15.8 Å². The molecule has 0 bridgehead atoms. The molecule has 1 N–H and O–H groups in total. The first-order valence-corrected chi connectivity index (χ1v) is 14.8. The van der Waals surface area contributed by atoms with Crippen molar-refractivity contribution in [1.82, 2.24) is 24.4 Å². The number of hydrogen-bond donors (Lipinski definition) is 1. The zero-order chi connectivity index (χ0) is 29.8. The molecule has 11 nitrogen and oxygen atoms in total. The van der Waals surface area contributed by atoms with Gasteiger partial charge in [-0.1, -0.05) is 12.8 Å². The van der Waals surface area contributed by atoms with Gasteiger partial charge < -0.3 is 15.0 Å². The van der Waals surface area contributed by atoms with Crippen molar-refractivity contribution in [3.63, 3.8) is 0 Å². The lowest BCUT2D eigenvalue weighted by Crippen LogP contribution is -2.72. The van der Waals surface area contributed by atoms with Crippen LogP contribution in [0.4, 0.5) is 17.5 Å². The summed E-state index contributed by atoms with van der Waals surface area (Å²) in [7, 11) is 0. The smallest absolute Gasteiger partial charge is 0.320 e. The normalized spacial score (nSPS) is 18.6. The van der Waals surface area contributed by atoms with Crippen molar-refractivity contribution in [1.29, 1.82) is 0 Å². The number of rotatable bonds is 7. The summed E-state index contributed by atoms with van der Waals surface area (Å²) in [5, 5.41) is 3.90. The van der Waals surface area contributed by atoms with Crippen LogP contribution in [0.5, 0.6) is 0 Å². The van der Waals surface area contributed by atoms with E-state index >= 15 is 0 Å². The van der Waals surface area contributed by atoms with Crippen molar-refractivity contribution in [2.75, 3.05) is 42.9 Å². The highest BCUT2D eigenvalue weighted by molar-refractivity contribution is 5.99. The van der Waals surface area contributed by atoms with Crippen molar-refractivity contribution in [3.05, 3.63) is 46.0 Å². The number of pyridine rings is 2. The Labute approximate surface area is 245 Å². The van der Waals surface area contributed by atoms with Crippen molar-refractivity contribution in [2.45, 2.75) is 71.9 Å². The molecule has 2 aliphatic heterocycles. The summed E-state index contributed by atoms with van der Waals surface area (Å²) in [5.41, 5.74) is 1.94. The van der Waals surface area contributed by atoms with Gasteiger partial charge in [0, 0.05) is 49.2 Å². The van der Waals surface area contributed by atoms with Gasteiger partial charge >= 0.3 is 5.97 Å². The molecule has 6 rings (SSSR count). The summed E-state index contributed by atoms with van der Waals surface area (Å²) in [6, 6.07) is 3.95. The van der Waals surface area contributed by atoms with Gasteiger partial charge in [0.15, 0.2) is 5.78 Å². The Kier molecular flexibility index (Phi) is 7.03. The van der Waals surface area contributed by atoms with Gasteiger partial charge in [-0.05, 0) is 65.2 Å². The van der Waals surface area contributed by atoms with Crippen LogP contribution in [-0.4, -0.2) is 74.5 Å². The summed E-state index contributed by atoms with van der Waals surface area (Å²) >= 11 is 0. The number of fused-ring (bicyclic) bond motifs is 1. The van der Waals surface area contributed by atoms with E-state index in [-0.39, 0.29) is 34.3 Å². The van der Waals surface area contributed by atoms with E-state index in [0.29, 0.717) is 34.9 Å². The molecule has 3 aromatic heterocycles. The van der Waals surface area contributed by atoms with E-state index in [1.54, 1.807) is 17.7 Å². The fourth-order valence-electron chi connectivity index (χ4n) is 6.79. The molecular weight excluding hydrogens is 534 g/mol. The molecule has 0 atom stereocenters. The highest BCUT2D eigenvalue weighted by Gasteiger charge is 2.52. The molecule has 42 heavy (non-hydrogen) atoms. The summed E-state index contributed by atoms with van der Waals surface area (Å²) < 4.78 is 7.15. The second kappa shape index (κ2) is 10.4. The molecule has 0 amide bonds. The Morgan fingerprint density at radius 3 is 2.40 bits per heavy atom. The lowest BCUT2D eigenvalue weighted by molar-refractivity contribution is -0.160. The highest BCUT2D eigenvalue weighted by atomic mass is 16.6. The van der Waals surface area contributed by atoms with Crippen LogP contribution in [0.25, 0.3) is 11.0 Å². The Morgan fingerprint density at radius 1 is 1.07 bits per heavy atom. The molecule has 0 aromatic carbocycles. The fraction of sp³-hybridized carbons (Fsp3) is 0.548. The number of hydrogen-bond acceptors (Lipinski definition) is 10. The number of nitrogens with one attached hydrogen (secondary N) is 1. The third-order valence-corrected chi connectivity index (χ3v) is 8.55. The zero-order valence-electron chi connectivity index (χ0n) is 25.1. The molecule has 5 heterocycles. The van der Waals surface area contributed by atoms with Crippen LogP contribution in [0.1, 0.15) is 75.3 Å². The van der Waals surface area contributed by atoms with Crippen LogP contribution in [-0.2, 0) is 9.53 Å². The fourth-order valence-corrected chi connectivity index (χ4v) is 6.79. The number of carbonyl (C=O) groups excluding carboxylic acids is 2. The SMILES string of the molecule is CC(=O)c1c(C)c2cnc(Nc3ccc(N4CC5(CN(CC(=O)OC(C)(C)C)C5)C4)cn3)nc2n(C2CCCC2)c1=O. The molecule has 222 valence electrons. The average Bonchev–Trinajstić information content (AvgIpc) is 3.38. The van der Waals surface area contributed by atoms with Crippen molar-refractivity contribution in [2.24, 2.45) is 5.41 Å². The molecule has 1 spiro atoms. The second-order valence-corrected chi connectivity index (χ2v) is 13.2. The Hall–Kier alpha value is -3.86. The molecule has 1 aliphatic carbocycles. The molecular formula is C31H39N7O4. The zero-order valence-corrected chi connectivity index (χ0v) is 25.1. The maximum atomic E-state index is 13.4. The third-order valence-electron chi connectivity index (χ3n) is 8.55. The van der Waals surface area contributed by atoms with Crippen LogP contribution in [0, 0.1) is 12.3 Å². The standard InChI is InChI=1S/C31H39N7O4/c1-19-23-13-33-29(35-27(23)38(21-8-6-7-9-21)28(41)26(19)20(2)39)34-24-11-10-22(12-32-24)37-17-31(18-37)15-36(16-31)14-25(40)42-30(3,4)5/h10-13,21H,6-9,14-18H2,1-5H3,(H,32,33,34,35). The number of anilines is 3. The van der Waals surface area contributed by atoms with E-state index in [1.165, 1.54) is 6.92 Å². The van der Waals surface area contributed by atoms with Crippen molar-refractivity contribution >= 4 is 40.2 Å². The molecule has 0 radical (unpaired) electrons. The van der Waals surface area contributed by atoms with Gasteiger partial charge in [0.2, 0.25) is 5.95 Å². The van der Waals surface area contributed by atoms with E-state index in [2.05, 4.69) is 25.1 Å². The van der Waals surface area contributed by atoms with E-state index in [0.717, 1.165) is 57.5 Å². The molecule has 3 aromatic rings. The average molecular weight is 574 g/mol. The molecule has 11 heteroatoms. The predicted molar refractivity (Wildman–Crippen MR) is 160 cm³/mol. The quantitative estimate of drug-likeness (QED) is 0.328. The van der Waals surface area contributed by atoms with Crippen LogP contribution >= 0.6 is 0 Å². The van der Waals surface area contributed by atoms with Gasteiger partial charge in [-0.25, -0.2) is 9.97 Å². The van der Waals surface area contributed by atoms with Crippen LogP contribution in [0.2, 0.25) is 0 Å². The topological polar surface area (TPSA) is 123 Å². The Balaban J connectivity index is 1.12. The van der Waals surface area contributed by atoms with E-state index in [9.17, 15) is 14.4 Å². The van der Waals surface area contributed by atoms with Gasteiger partial charge in [0.1, 0.15) is 17.1 Å². The first-order chi connectivity index (χ1) is 19.9. The molecule has 1 saturated carbocycles. The number of esters is 1. The van der Waals surface area contributed by atoms with E-state index in [4.69, 9.17) is 9.72 Å². The maximum Gasteiger partial charge on any atom is 0.320 e. The molecule has 0 unspecified atom stereocenters. The minimum absolute atomic E-state index is 0.0266. The van der Waals surface area contributed by atoms with Gasteiger partial charge in [0.25, 0.3) is 5.56 Å². The first kappa shape index (κ1) is 28.3. The number of carbonyl (C=O) groups is 2. The van der Waals surface area contributed by atoms with Crippen molar-refractivity contribution < 1.29 is 14.3 Å². The van der Waals surface area contributed by atoms with Crippen LogP contribution in [0.15, 0.2) is 29.3 Å². The highest BCUT2D eigenvalue weighted by Crippen LogP contribution is 2.41. The van der Waals surface area contributed by atoms with E-state index < -0.39 is 5.60 Å². The van der Waals surface area contributed by atoms with Gasteiger partial charge in [-0.2, -0.15) is 4.98 Å².